The number of hydrogen-bond donors (Lipinski definition) is 0. The maximum atomic E-state index is 4.94. The minimum absolute atomic E-state index is 0.502. The van der Waals surface area contributed by atoms with Crippen molar-refractivity contribution in [2.45, 2.75) is 25.7 Å². The van der Waals surface area contributed by atoms with E-state index in [1.165, 1.54) is 5.56 Å². The summed E-state index contributed by atoms with van der Waals surface area (Å²) >= 11 is 0. The molecule has 3 heterocycles. The van der Waals surface area contributed by atoms with Crippen LogP contribution in [-0.2, 0) is 0 Å². The van der Waals surface area contributed by atoms with Gasteiger partial charge in [-0.3, -0.25) is 4.57 Å². The van der Waals surface area contributed by atoms with E-state index in [9.17, 15) is 0 Å². The topological polar surface area (TPSA) is 34.0 Å². The second-order valence-electron chi connectivity index (χ2n) is 6.56. The molecule has 118 valence electrons. The predicted molar refractivity (Wildman–Crippen MR) is 93.1 cm³/mol. The first-order valence-electron chi connectivity index (χ1n) is 8.31. The Hall–Kier alpha value is -2.20. The first-order valence-corrected chi connectivity index (χ1v) is 8.31. The monoisotopic (exact) mass is 306 g/mol. The molecule has 0 radical (unpaired) electrons. The van der Waals surface area contributed by atoms with Crippen molar-refractivity contribution < 1.29 is 0 Å². The first kappa shape index (κ1) is 14.4. The van der Waals surface area contributed by atoms with Crippen LogP contribution in [0.25, 0.3) is 16.9 Å². The van der Waals surface area contributed by atoms with Crippen molar-refractivity contribution in [2.75, 3.05) is 20.1 Å². The predicted octanol–water partition coefficient (Wildman–Crippen LogP) is 3.54. The summed E-state index contributed by atoms with van der Waals surface area (Å²) in [6.45, 7) is 4.39. The maximum Gasteiger partial charge on any atom is 0.164 e. The number of benzene rings is 1. The van der Waals surface area contributed by atoms with Gasteiger partial charge in [0.05, 0.1) is 0 Å². The van der Waals surface area contributed by atoms with Gasteiger partial charge in [0.15, 0.2) is 5.65 Å². The van der Waals surface area contributed by atoms with Gasteiger partial charge in [-0.15, -0.1) is 0 Å². The highest BCUT2D eigenvalue weighted by atomic mass is 15.1. The molecule has 0 unspecified atom stereocenters. The van der Waals surface area contributed by atoms with Gasteiger partial charge in [0.2, 0.25) is 0 Å². The van der Waals surface area contributed by atoms with Crippen molar-refractivity contribution in [3.05, 3.63) is 54.0 Å². The lowest BCUT2D eigenvalue weighted by Gasteiger charge is -2.28. The van der Waals surface area contributed by atoms with Gasteiger partial charge in [-0.1, -0.05) is 17.7 Å². The van der Waals surface area contributed by atoms with Gasteiger partial charge < -0.3 is 4.90 Å². The SMILES string of the molecule is Cc1ccc(-n2c(C3CCN(C)CC3)nc3cccnc32)cc1. The fourth-order valence-electron chi connectivity index (χ4n) is 3.42. The van der Waals surface area contributed by atoms with Gasteiger partial charge in [0.25, 0.3) is 0 Å². The van der Waals surface area contributed by atoms with Crippen LogP contribution in [0.2, 0.25) is 0 Å². The van der Waals surface area contributed by atoms with E-state index in [-0.39, 0.29) is 0 Å². The average Bonchev–Trinajstić information content (AvgIpc) is 2.96. The maximum absolute atomic E-state index is 4.94. The quantitative estimate of drug-likeness (QED) is 0.726. The van der Waals surface area contributed by atoms with E-state index in [0.29, 0.717) is 5.92 Å². The van der Waals surface area contributed by atoms with E-state index in [2.05, 4.69) is 58.8 Å². The minimum Gasteiger partial charge on any atom is -0.306 e. The summed E-state index contributed by atoms with van der Waals surface area (Å²) in [5.74, 6) is 1.66. The third-order valence-electron chi connectivity index (χ3n) is 4.82. The number of nitrogens with zero attached hydrogens (tertiary/aromatic N) is 4. The molecule has 1 aliphatic heterocycles. The fourth-order valence-corrected chi connectivity index (χ4v) is 3.42. The van der Waals surface area contributed by atoms with Crippen LogP contribution in [0.3, 0.4) is 0 Å². The Labute approximate surface area is 136 Å². The first-order chi connectivity index (χ1) is 11.2. The van der Waals surface area contributed by atoms with Crippen molar-refractivity contribution in [3.63, 3.8) is 0 Å². The van der Waals surface area contributed by atoms with Gasteiger partial charge >= 0.3 is 0 Å². The summed E-state index contributed by atoms with van der Waals surface area (Å²) in [6, 6.07) is 12.7. The van der Waals surface area contributed by atoms with E-state index in [4.69, 9.17) is 4.98 Å². The minimum atomic E-state index is 0.502. The number of piperidine rings is 1. The Morgan fingerprint density at radius 1 is 1.04 bits per heavy atom. The third kappa shape index (κ3) is 2.63. The number of hydrogen-bond acceptors (Lipinski definition) is 3. The van der Waals surface area contributed by atoms with Gasteiger partial charge in [0, 0.05) is 17.8 Å². The lowest BCUT2D eigenvalue weighted by Crippen LogP contribution is -2.30. The van der Waals surface area contributed by atoms with Crippen molar-refractivity contribution in [1.29, 1.82) is 0 Å². The van der Waals surface area contributed by atoms with E-state index >= 15 is 0 Å². The van der Waals surface area contributed by atoms with E-state index in [0.717, 1.165) is 48.6 Å². The third-order valence-corrected chi connectivity index (χ3v) is 4.82. The molecular formula is C19H22N4. The number of aromatic nitrogens is 3. The summed E-state index contributed by atoms with van der Waals surface area (Å²) < 4.78 is 2.25. The Balaban J connectivity index is 1.86. The van der Waals surface area contributed by atoms with Crippen LogP contribution in [0.4, 0.5) is 0 Å². The molecule has 0 atom stereocenters. The Morgan fingerprint density at radius 2 is 1.78 bits per heavy atom. The molecule has 1 aromatic carbocycles. The summed E-state index contributed by atoms with van der Waals surface area (Å²) in [4.78, 5) is 11.9. The van der Waals surface area contributed by atoms with Crippen LogP contribution in [0, 0.1) is 6.92 Å². The molecule has 0 N–H and O–H groups in total. The van der Waals surface area contributed by atoms with Gasteiger partial charge in [-0.2, -0.15) is 0 Å². The van der Waals surface area contributed by atoms with Crippen LogP contribution in [0.5, 0.6) is 0 Å². The lowest BCUT2D eigenvalue weighted by molar-refractivity contribution is 0.250. The summed E-state index contributed by atoms with van der Waals surface area (Å²) in [6.07, 6.45) is 4.17. The van der Waals surface area contributed by atoms with E-state index < -0.39 is 0 Å². The Kier molecular flexibility index (Phi) is 3.62. The standard InChI is InChI=1S/C19H22N4/c1-14-5-7-16(8-6-14)23-18(15-9-12-22(2)13-10-15)21-17-4-3-11-20-19(17)23/h3-8,11,15H,9-10,12-13H2,1-2H3. The molecule has 4 nitrogen and oxygen atoms in total. The number of likely N-dealkylation sites (tertiary alicyclic amines) is 1. The Morgan fingerprint density at radius 3 is 2.52 bits per heavy atom. The highest BCUT2D eigenvalue weighted by molar-refractivity contribution is 5.74. The summed E-state index contributed by atoms with van der Waals surface area (Å²) in [5.41, 5.74) is 4.38. The van der Waals surface area contributed by atoms with Crippen molar-refractivity contribution in [1.82, 2.24) is 19.4 Å². The summed E-state index contributed by atoms with van der Waals surface area (Å²) in [5, 5.41) is 0. The second kappa shape index (κ2) is 5.78. The zero-order chi connectivity index (χ0) is 15.8. The van der Waals surface area contributed by atoms with E-state index in [1.54, 1.807) is 0 Å². The fraction of sp³-hybridized carbons (Fsp3) is 0.368. The van der Waals surface area contributed by atoms with E-state index in [1.807, 2.05) is 12.3 Å². The second-order valence-corrected chi connectivity index (χ2v) is 6.56. The van der Waals surface area contributed by atoms with Crippen molar-refractivity contribution in [3.8, 4) is 5.69 Å². The van der Waals surface area contributed by atoms with Gasteiger partial charge in [-0.25, -0.2) is 9.97 Å². The molecule has 2 aromatic heterocycles. The van der Waals surface area contributed by atoms with Crippen LogP contribution >= 0.6 is 0 Å². The van der Waals surface area contributed by atoms with Crippen molar-refractivity contribution in [2.24, 2.45) is 0 Å². The van der Waals surface area contributed by atoms with Gasteiger partial charge in [0.1, 0.15) is 11.3 Å². The number of rotatable bonds is 2. The van der Waals surface area contributed by atoms with Crippen LogP contribution in [0.1, 0.15) is 30.1 Å². The summed E-state index contributed by atoms with van der Waals surface area (Å²) in [7, 11) is 2.20. The molecule has 3 aromatic rings. The number of imidazole rings is 1. The molecule has 1 saturated heterocycles. The molecule has 0 aliphatic carbocycles. The molecule has 0 bridgehead atoms. The van der Waals surface area contributed by atoms with Crippen LogP contribution in [0.15, 0.2) is 42.6 Å². The highest BCUT2D eigenvalue weighted by Crippen LogP contribution is 2.31. The highest BCUT2D eigenvalue weighted by Gasteiger charge is 2.25. The molecule has 4 rings (SSSR count). The molecule has 23 heavy (non-hydrogen) atoms. The van der Waals surface area contributed by atoms with Gasteiger partial charge in [-0.05, 0) is 64.2 Å². The van der Waals surface area contributed by atoms with Crippen LogP contribution < -0.4 is 0 Å². The van der Waals surface area contributed by atoms with Crippen LogP contribution in [-0.4, -0.2) is 39.6 Å². The lowest BCUT2D eigenvalue weighted by atomic mass is 9.96. The zero-order valence-electron chi connectivity index (χ0n) is 13.7. The van der Waals surface area contributed by atoms with Crippen molar-refractivity contribution >= 4 is 11.2 Å². The largest absolute Gasteiger partial charge is 0.306 e. The number of fused-ring (bicyclic) bond motifs is 1. The number of aryl methyl sites for hydroxylation is 1. The average molecular weight is 306 g/mol. The Bertz CT molecular complexity index is 811. The molecule has 1 aliphatic rings. The molecular weight excluding hydrogens is 284 g/mol. The molecule has 4 heteroatoms. The molecule has 0 saturated carbocycles. The molecule has 0 amide bonds. The normalized spacial score (nSPS) is 17.0. The smallest absolute Gasteiger partial charge is 0.164 e. The number of pyridine rings is 1. The molecule has 1 fully saturated rings. The molecule has 0 spiro atoms. The zero-order valence-corrected chi connectivity index (χ0v) is 13.7.